The minimum atomic E-state index is 0.00870. The fraction of sp³-hybridized carbons (Fsp3) is 0.375. The lowest BCUT2D eigenvalue weighted by Crippen LogP contribution is -2.27. The smallest absolute Gasteiger partial charge is 0.123 e. The number of hydrogen-bond donors (Lipinski definition) is 2. The Kier molecular flexibility index (Phi) is 3.40. The minimum Gasteiger partial charge on any atom is -0.507 e. The molecule has 3 rings (SSSR count). The molecule has 1 heterocycles. The highest BCUT2D eigenvalue weighted by Gasteiger charge is 2.23. The topological polar surface area (TPSA) is 55.5 Å². The molecule has 100 valence electrons. The molecule has 0 bridgehead atoms. The van der Waals surface area contributed by atoms with Crippen LogP contribution in [0.3, 0.4) is 0 Å². The fourth-order valence-corrected chi connectivity index (χ4v) is 2.93. The van der Waals surface area contributed by atoms with E-state index < -0.39 is 0 Å². The third-order valence-electron chi connectivity index (χ3n) is 4.07. The minimum absolute atomic E-state index is 0.00870. The molecule has 3 N–H and O–H groups in total. The predicted molar refractivity (Wildman–Crippen MR) is 76.1 cm³/mol. The van der Waals surface area contributed by atoms with Crippen LogP contribution in [0.4, 0.5) is 0 Å². The van der Waals surface area contributed by atoms with E-state index in [1.165, 1.54) is 0 Å². The van der Waals surface area contributed by atoms with E-state index in [1.54, 1.807) is 6.07 Å². The fourth-order valence-electron chi connectivity index (χ4n) is 2.93. The molecular formula is C16H19NO2. The van der Waals surface area contributed by atoms with Gasteiger partial charge in [-0.3, -0.25) is 0 Å². The van der Waals surface area contributed by atoms with Crippen molar-refractivity contribution in [3.8, 4) is 5.75 Å². The molecule has 0 aliphatic carbocycles. The van der Waals surface area contributed by atoms with Gasteiger partial charge in [-0.25, -0.2) is 0 Å². The third-order valence-corrected chi connectivity index (χ3v) is 4.07. The van der Waals surface area contributed by atoms with E-state index in [-0.39, 0.29) is 6.04 Å². The van der Waals surface area contributed by atoms with Crippen LogP contribution in [0.2, 0.25) is 0 Å². The average molecular weight is 257 g/mol. The molecule has 1 atom stereocenters. The number of phenolic OH excluding ortho intramolecular Hbond substituents is 1. The summed E-state index contributed by atoms with van der Waals surface area (Å²) in [7, 11) is 0. The number of ether oxygens (including phenoxy) is 1. The van der Waals surface area contributed by atoms with E-state index in [4.69, 9.17) is 10.5 Å². The summed E-state index contributed by atoms with van der Waals surface area (Å²) in [5.74, 6) is 0.778. The van der Waals surface area contributed by atoms with Crippen molar-refractivity contribution >= 4 is 10.8 Å². The first kappa shape index (κ1) is 12.5. The molecule has 0 aromatic heterocycles. The molecular weight excluding hydrogens is 238 g/mol. The molecule has 2 aromatic carbocycles. The third kappa shape index (κ3) is 2.31. The first-order valence-corrected chi connectivity index (χ1v) is 6.81. The highest BCUT2D eigenvalue weighted by molar-refractivity contribution is 5.91. The van der Waals surface area contributed by atoms with Crippen LogP contribution in [0.5, 0.6) is 5.75 Å². The Morgan fingerprint density at radius 2 is 1.74 bits per heavy atom. The Hall–Kier alpha value is -1.58. The molecule has 1 aliphatic heterocycles. The van der Waals surface area contributed by atoms with Crippen molar-refractivity contribution in [2.75, 3.05) is 13.2 Å². The van der Waals surface area contributed by atoms with Gasteiger partial charge in [0.2, 0.25) is 0 Å². The Labute approximate surface area is 113 Å². The van der Waals surface area contributed by atoms with Crippen LogP contribution in [0.1, 0.15) is 24.4 Å². The van der Waals surface area contributed by atoms with Gasteiger partial charge in [0.25, 0.3) is 0 Å². The molecule has 2 aromatic rings. The zero-order chi connectivity index (χ0) is 13.2. The van der Waals surface area contributed by atoms with Crippen LogP contribution < -0.4 is 5.73 Å². The normalized spacial score (nSPS) is 18.6. The van der Waals surface area contributed by atoms with Gasteiger partial charge in [0.1, 0.15) is 5.75 Å². The predicted octanol–water partition coefficient (Wildman–Crippen LogP) is 2.97. The molecule has 0 unspecified atom stereocenters. The molecule has 0 spiro atoms. The molecule has 19 heavy (non-hydrogen) atoms. The average Bonchev–Trinajstić information content (AvgIpc) is 2.48. The number of nitrogens with two attached hydrogens (primary N) is 1. The van der Waals surface area contributed by atoms with Crippen molar-refractivity contribution in [3.63, 3.8) is 0 Å². The van der Waals surface area contributed by atoms with E-state index in [0.29, 0.717) is 11.7 Å². The van der Waals surface area contributed by atoms with E-state index in [0.717, 1.165) is 42.4 Å². The first-order valence-electron chi connectivity index (χ1n) is 6.81. The van der Waals surface area contributed by atoms with Crippen LogP contribution in [-0.4, -0.2) is 18.3 Å². The maximum Gasteiger partial charge on any atom is 0.123 e. The molecule has 0 saturated carbocycles. The quantitative estimate of drug-likeness (QED) is 0.869. The van der Waals surface area contributed by atoms with E-state index >= 15 is 0 Å². The number of phenols is 1. The van der Waals surface area contributed by atoms with Crippen molar-refractivity contribution in [3.05, 3.63) is 42.0 Å². The van der Waals surface area contributed by atoms with Gasteiger partial charge in [0, 0.05) is 24.6 Å². The second kappa shape index (κ2) is 5.19. The molecule has 0 amide bonds. The number of hydrogen-bond acceptors (Lipinski definition) is 3. The highest BCUT2D eigenvalue weighted by Crippen LogP contribution is 2.35. The summed E-state index contributed by atoms with van der Waals surface area (Å²) in [5, 5.41) is 11.9. The highest BCUT2D eigenvalue weighted by atomic mass is 16.5. The Balaban J connectivity index is 2.02. The Morgan fingerprint density at radius 3 is 2.47 bits per heavy atom. The maximum absolute atomic E-state index is 9.93. The summed E-state index contributed by atoms with van der Waals surface area (Å²) in [6.45, 7) is 1.60. The monoisotopic (exact) mass is 257 g/mol. The number of benzene rings is 2. The van der Waals surface area contributed by atoms with Gasteiger partial charge in [-0.15, -0.1) is 0 Å². The van der Waals surface area contributed by atoms with Crippen molar-refractivity contribution in [1.82, 2.24) is 0 Å². The van der Waals surface area contributed by atoms with Crippen molar-refractivity contribution in [2.45, 2.75) is 18.9 Å². The van der Waals surface area contributed by atoms with Gasteiger partial charge >= 0.3 is 0 Å². The molecule has 3 heteroatoms. The molecule has 1 aliphatic rings. The lowest BCUT2D eigenvalue weighted by atomic mass is 9.85. The SMILES string of the molecule is N[C@H](c1ccc(O)c2ccccc12)C1CCOCC1. The molecule has 1 fully saturated rings. The van der Waals surface area contributed by atoms with Gasteiger partial charge in [-0.05, 0) is 35.8 Å². The van der Waals surface area contributed by atoms with Crippen LogP contribution in [0, 0.1) is 5.92 Å². The standard InChI is InChI=1S/C16H19NO2/c17-16(11-7-9-19-10-8-11)14-5-6-15(18)13-4-2-1-3-12(13)14/h1-6,11,16,18H,7-10,17H2/t16-/m0/s1. The molecule has 3 nitrogen and oxygen atoms in total. The molecule has 1 saturated heterocycles. The van der Waals surface area contributed by atoms with Crippen LogP contribution >= 0.6 is 0 Å². The lowest BCUT2D eigenvalue weighted by Gasteiger charge is -2.28. The summed E-state index contributed by atoms with van der Waals surface area (Å²) in [5.41, 5.74) is 7.57. The number of rotatable bonds is 2. The van der Waals surface area contributed by atoms with Gasteiger partial charge in [-0.1, -0.05) is 30.3 Å². The van der Waals surface area contributed by atoms with Crippen molar-refractivity contribution in [2.24, 2.45) is 11.7 Å². The Bertz CT molecular complexity index is 576. The molecule has 0 radical (unpaired) electrons. The van der Waals surface area contributed by atoms with Crippen LogP contribution in [0.25, 0.3) is 10.8 Å². The van der Waals surface area contributed by atoms with E-state index in [2.05, 4.69) is 0 Å². The Morgan fingerprint density at radius 1 is 1.05 bits per heavy atom. The number of fused-ring (bicyclic) bond motifs is 1. The number of aromatic hydroxyl groups is 1. The first-order chi connectivity index (χ1) is 9.27. The van der Waals surface area contributed by atoms with Gasteiger partial charge < -0.3 is 15.6 Å². The summed E-state index contributed by atoms with van der Waals surface area (Å²) in [6.07, 6.45) is 2.02. The summed E-state index contributed by atoms with van der Waals surface area (Å²) in [6, 6.07) is 11.6. The zero-order valence-electron chi connectivity index (χ0n) is 10.9. The summed E-state index contributed by atoms with van der Waals surface area (Å²) < 4.78 is 5.40. The second-order valence-electron chi connectivity index (χ2n) is 5.20. The van der Waals surface area contributed by atoms with Crippen LogP contribution in [0.15, 0.2) is 36.4 Å². The summed E-state index contributed by atoms with van der Waals surface area (Å²) in [4.78, 5) is 0. The maximum atomic E-state index is 9.93. The van der Waals surface area contributed by atoms with E-state index in [1.807, 2.05) is 30.3 Å². The summed E-state index contributed by atoms with van der Waals surface area (Å²) >= 11 is 0. The second-order valence-corrected chi connectivity index (χ2v) is 5.20. The largest absolute Gasteiger partial charge is 0.507 e. The van der Waals surface area contributed by atoms with Crippen LogP contribution in [-0.2, 0) is 4.74 Å². The van der Waals surface area contributed by atoms with Crippen molar-refractivity contribution < 1.29 is 9.84 Å². The van der Waals surface area contributed by atoms with Gasteiger partial charge in [0.05, 0.1) is 0 Å². The lowest BCUT2D eigenvalue weighted by molar-refractivity contribution is 0.0585. The van der Waals surface area contributed by atoms with E-state index in [9.17, 15) is 5.11 Å². The van der Waals surface area contributed by atoms with Gasteiger partial charge in [-0.2, -0.15) is 0 Å². The van der Waals surface area contributed by atoms with Crippen molar-refractivity contribution in [1.29, 1.82) is 0 Å². The van der Waals surface area contributed by atoms with Gasteiger partial charge in [0.15, 0.2) is 0 Å². The zero-order valence-corrected chi connectivity index (χ0v) is 10.9.